The summed E-state index contributed by atoms with van der Waals surface area (Å²) in [6, 6.07) is 9.30. The van der Waals surface area contributed by atoms with Crippen molar-refractivity contribution in [3.63, 3.8) is 0 Å². The van der Waals surface area contributed by atoms with Crippen LogP contribution in [0.3, 0.4) is 0 Å². The van der Waals surface area contributed by atoms with E-state index >= 15 is 0 Å². The molecule has 0 N–H and O–H groups in total. The minimum absolute atomic E-state index is 0.221. The second-order valence-electron chi connectivity index (χ2n) is 3.79. The Kier molecular flexibility index (Phi) is 3.35. The van der Waals surface area contributed by atoms with Gasteiger partial charge in [0.1, 0.15) is 5.75 Å². The Balaban J connectivity index is 2.79. The number of benzene rings is 1. The fourth-order valence-electron chi connectivity index (χ4n) is 1.12. The minimum atomic E-state index is 0.221. The molecule has 1 radical (unpaired) electrons. The summed E-state index contributed by atoms with van der Waals surface area (Å²) in [6.07, 6.45) is 0.221. The molecule has 71 valence electrons. The van der Waals surface area contributed by atoms with Gasteiger partial charge in [-0.15, -0.1) is 0 Å². The Hall–Kier alpha value is -0.980. The number of rotatable bonds is 3. The fourth-order valence-corrected chi connectivity index (χ4v) is 1.12. The fraction of sp³-hybridized carbons (Fsp3) is 0.500. The van der Waals surface area contributed by atoms with Crippen molar-refractivity contribution in [3.8, 4) is 5.75 Å². The van der Waals surface area contributed by atoms with E-state index in [0.717, 1.165) is 5.75 Å². The van der Waals surface area contributed by atoms with Crippen molar-refractivity contribution < 1.29 is 4.74 Å². The molecular weight excluding hydrogens is 160 g/mol. The second kappa shape index (κ2) is 4.31. The average molecular weight is 177 g/mol. The molecule has 0 aromatic heterocycles. The molecule has 0 saturated carbocycles. The summed E-state index contributed by atoms with van der Waals surface area (Å²) >= 11 is 0. The third-order valence-electron chi connectivity index (χ3n) is 1.78. The van der Waals surface area contributed by atoms with Gasteiger partial charge in [0.25, 0.3) is 0 Å². The topological polar surface area (TPSA) is 9.23 Å². The van der Waals surface area contributed by atoms with Crippen molar-refractivity contribution >= 4 is 0 Å². The standard InChI is InChI=1S/C12H17O/c1-9(2)11-6-5-7-12(8-11)13-10(3)4/h5-7,9-10H,1-4H3. The van der Waals surface area contributed by atoms with Gasteiger partial charge < -0.3 is 4.74 Å². The third kappa shape index (κ3) is 3.10. The first-order valence-corrected chi connectivity index (χ1v) is 4.78. The zero-order valence-corrected chi connectivity index (χ0v) is 8.79. The molecule has 0 spiro atoms. The van der Waals surface area contributed by atoms with Crippen LogP contribution in [0.5, 0.6) is 5.75 Å². The maximum Gasteiger partial charge on any atom is 0.127 e. The predicted molar refractivity (Wildman–Crippen MR) is 55.1 cm³/mol. The van der Waals surface area contributed by atoms with Crippen LogP contribution >= 0.6 is 0 Å². The Labute approximate surface area is 80.7 Å². The molecule has 1 heteroatoms. The maximum atomic E-state index is 5.55. The Bertz CT molecular complexity index is 264. The van der Waals surface area contributed by atoms with E-state index in [0.29, 0.717) is 5.92 Å². The van der Waals surface area contributed by atoms with Crippen LogP contribution in [0, 0.1) is 6.07 Å². The predicted octanol–water partition coefficient (Wildman–Crippen LogP) is 3.40. The summed E-state index contributed by atoms with van der Waals surface area (Å²) in [7, 11) is 0. The van der Waals surface area contributed by atoms with Gasteiger partial charge in [-0.3, -0.25) is 0 Å². The van der Waals surface area contributed by atoms with Gasteiger partial charge in [-0.05, 0) is 31.4 Å². The lowest BCUT2D eigenvalue weighted by Gasteiger charge is -2.11. The van der Waals surface area contributed by atoms with Gasteiger partial charge in [0.15, 0.2) is 0 Å². The number of hydrogen-bond donors (Lipinski definition) is 0. The second-order valence-corrected chi connectivity index (χ2v) is 3.79. The van der Waals surface area contributed by atoms with Gasteiger partial charge in [0.2, 0.25) is 0 Å². The van der Waals surface area contributed by atoms with Crippen LogP contribution < -0.4 is 4.74 Å². The molecule has 1 nitrogen and oxygen atoms in total. The molecule has 0 saturated heterocycles. The highest BCUT2D eigenvalue weighted by atomic mass is 16.5. The van der Waals surface area contributed by atoms with Gasteiger partial charge in [0.05, 0.1) is 6.10 Å². The highest BCUT2D eigenvalue weighted by Crippen LogP contribution is 2.19. The first-order chi connectivity index (χ1) is 6.09. The number of hydrogen-bond acceptors (Lipinski definition) is 1. The summed E-state index contributed by atoms with van der Waals surface area (Å²) in [5.41, 5.74) is 1.21. The van der Waals surface area contributed by atoms with Crippen LogP contribution in [0.1, 0.15) is 39.2 Å². The van der Waals surface area contributed by atoms with Crippen molar-refractivity contribution in [1.29, 1.82) is 0 Å². The van der Waals surface area contributed by atoms with Crippen molar-refractivity contribution in [2.24, 2.45) is 0 Å². The molecule has 0 aliphatic carbocycles. The summed E-state index contributed by atoms with van der Waals surface area (Å²) in [6.45, 7) is 8.36. The molecular formula is C12H17O. The quantitative estimate of drug-likeness (QED) is 0.687. The Morgan fingerprint density at radius 3 is 2.38 bits per heavy atom. The van der Waals surface area contributed by atoms with Crippen LogP contribution in [0.4, 0.5) is 0 Å². The van der Waals surface area contributed by atoms with Gasteiger partial charge in [-0.1, -0.05) is 26.0 Å². The van der Waals surface area contributed by atoms with Crippen LogP contribution in [-0.2, 0) is 0 Å². The number of ether oxygens (including phenoxy) is 1. The smallest absolute Gasteiger partial charge is 0.127 e. The van der Waals surface area contributed by atoms with Crippen molar-refractivity contribution in [1.82, 2.24) is 0 Å². The minimum Gasteiger partial charge on any atom is -0.490 e. The summed E-state index contributed by atoms with van der Waals surface area (Å²) in [5.74, 6) is 1.36. The van der Waals surface area contributed by atoms with Gasteiger partial charge >= 0.3 is 0 Å². The zero-order valence-electron chi connectivity index (χ0n) is 8.79. The normalized spacial score (nSPS) is 10.9. The molecule has 0 atom stereocenters. The van der Waals surface area contributed by atoms with Crippen LogP contribution in [0.25, 0.3) is 0 Å². The average Bonchev–Trinajstić information content (AvgIpc) is 2.03. The van der Waals surface area contributed by atoms with Crippen LogP contribution in [0.15, 0.2) is 18.2 Å². The monoisotopic (exact) mass is 177 g/mol. The van der Waals surface area contributed by atoms with E-state index in [2.05, 4.69) is 26.0 Å². The summed E-state index contributed by atoms with van der Waals surface area (Å²) in [5, 5.41) is 0. The molecule has 0 heterocycles. The van der Waals surface area contributed by atoms with Crippen LogP contribution in [0.2, 0.25) is 0 Å². The van der Waals surface area contributed by atoms with Crippen LogP contribution in [-0.4, -0.2) is 6.10 Å². The van der Waals surface area contributed by atoms with E-state index in [-0.39, 0.29) is 6.10 Å². The van der Waals surface area contributed by atoms with E-state index < -0.39 is 0 Å². The molecule has 0 amide bonds. The van der Waals surface area contributed by atoms with Crippen molar-refractivity contribution in [2.75, 3.05) is 0 Å². The Morgan fingerprint density at radius 1 is 1.15 bits per heavy atom. The molecule has 13 heavy (non-hydrogen) atoms. The largest absolute Gasteiger partial charge is 0.490 e. The van der Waals surface area contributed by atoms with Gasteiger partial charge in [0, 0.05) is 6.07 Å². The molecule has 0 aliphatic heterocycles. The molecule has 0 fully saturated rings. The van der Waals surface area contributed by atoms with E-state index in [1.807, 2.05) is 26.0 Å². The summed E-state index contributed by atoms with van der Waals surface area (Å²) in [4.78, 5) is 0. The SMILES string of the molecule is CC(C)Oc1[c]c(C(C)C)ccc1. The van der Waals surface area contributed by atoms with Gasteiger partial charge in [-0.25, -0.2) is 0 Å². The molecule has 0 aliphatic rings. The highest BCUT2D eigenvalue weighted by Gasteiger charge is 2.02. The zero-order chi connectivity index (χ0) is 9.84. The highest BCUT2D eigenvalue weighted by molar-refractivity contribution is 5.28. The van der Waals surface area contributed by atoms with Gasteiger partial charge in [-0.2, -0.15) is 0 Å². The molecule has 1 rings (SSSR count). The molecule has 0 unspecified atom stereocenters. The molecule has 0 bridgehead atoms. The lowest BCUT2D eigenvalue weighted by atomic mass is 10.0. The third-order valence-corrected chi connectivity index (χ3v) is 1.78. The first-order valence-electron chi connectivity index (χ1n) is 4.78. The Morgan fingerprint density at radius 2 is 1.85 bits per heavy atom. The molecule has 1 aromatic rings. The molecule has 1 aromatic carbocycles. The van der Waals surface area contributed by atoms with Crippen molar-refractivity contribution in [2.45, 2.75) is 39.7 Å². The first kappa shape index (κ1) is 10.1. The van der Waals surface area contributed by atoms with E-state index in [9.17, 15) is 0 Å². The maximum absolute atomic E-state index is 5.55. The van der Waals surface area contributed by atoms with Crippen molar-refractivity contribution in [3.05, 3.63) is 29.8 Å². The summed E-state index contributed by atoms with van der Waals surface area (Å²) < 4.78 is 5.55. The lowest BCUT2D eigenvalue weighted by molar-refractivity contribution is 0.241. The van der Waals surface area contributed by atoms with E-state index in [1.165, 1.54) is 5.56 Å². The van der Waals surface area contributed by atoms with E-state index in [4.69, 9.17) is 4.74 Å². The lowest BCUT2D eigenvalue weighted by Crippen LogP contribution is -2.05. The van der Waals surface area contributed by atoms with E-state index in [1.54, 1.807) is 0 Å².